The van der Waals surface area contributed by atoms with Crippen LogP contribution in [0.15, 0.2) is 57.9 Å². The van der Waals surface area contributed by atoms with Crippen molar-refractivity contribution in [2.75, 3.05) is 5.32 Å². The molecule has 2 fully saturated rings. The lowest BCUT2D eigenvalue weighted by molar-refractivity contribution is -0.0393. The molecule has 3 aromatic heterocycles. The molecule has 0 radical (unpaired) electrons. The Bertz CT molecular complexity index is 1930. The molecule has 0 saturated carbocycles. The lowest BCUT2D eigenvalue weighted by Gasteiger charge is -2.42. The molecule has 44 heavy (non-hydrogen) atoms. The van der Waals surface area contributed by atoms with E-state index < -0.39 is 39.6 Å². The number of amides is 1. The minimum atomic E-state index is -4.06. The summed E-state index contributed by atoms with van der Waals surface area (Å²) in [5.41, 5.74) is 0.790. The van der Waals surface area contributed by atoms with Crippen molar-refractivity contribution in [2.24, 2.45) is 0 Å². The van der Waals surface area contributed by atoms with Crippen molar-refractivity contribution >= 4 is 21.6 Å². The van der Waals surface area contributed by atoms with E-state index in [2.05, 4.69) is 15.5 Å². The van der Waals surface area contributed by atoms with Gasteiger partial charge in [-0.2, -0.15) is 14.0 Å². The van der Waals surface area contributed by atoms with Gasteiger partial charge in [-0.15, -0.1) is 0 Å². The number of fused-ring (bicyclic) bond motifs is 3. The van der Waals surface area contributed by atoms with E-state index in [-0.39, 0.29) is 34.8 Å². The maximum Gasteiger partial charge on any atom is 0.272 e. The highest BCUT2D eigenvalue weighted by Gasteiger charge is 2.55. The number of benzene rings is 1. The van der Waals surface area contributed by atoms with Gasteiger partial charge in [-0.1, -0.05) is 35.5 Å². The zero-order chi connectivity index (χ0) is 30.8. The van der Waals surface area contributed by atoms with Gasteiger partial charge < -0.3 is 19.5 Å². The maximum absolute atomic E-state index is 14.5. The lowest BCUT2D eigenvalue weighted by atomic mass is 9.84. The summed E-state index contributed by atoms with van der Waals surface area (Å²) in [6.07, 6.45) is 2.67. The molecule has 226 valence electrons. The predicted molar refractivity (Wildman–Crippen MR) is 155 cm³/mol. The Hall–Kier alpha value is -4.38. The van der Waals surface area contributed by atoms with Crippen LogP contribution in [0.5, 0.6) is 0 Å². The second-order valence-electron chi connectivity index (χ2n) is 11.7. The summed E-state index contributed by atoms with van der Waals surface area (Å²) < 4.78 is 51.6. The smallest absolute Gasteiger partial charge is 0.272 e. The molecule has 6 heterocycles. The van der Waals surface area contributed by atoms with Crippen LogP contribution >= 0.6 is 0 Å². The Morgan fingerprint density at radius 1 is 1.18 bits per heavy atom. The van der Waals surface area contributed by atoms with Gasteiger partial charge in [0.05, 0.1) is 0 Å². The summed E-state index contributed by atoms with van der Waals surface area (Å²) in [6.45, 7) is 2.08. The van der Waals surface area contributed by atoms with Gasteiger partial charge in [-0.25, -0.2) is 13.4 Å². The molecule has 0 aliphatic carbocycles. The second-order valence-corrected chi connectivity index (χ2v) is 13.5. The Kier molecular flexibility index (Phi) is 6.69. The Morgan fingerprint density at radius 3 is 2.61 bits per heavy atom. The molecule has 3 aliphatic heterocycles. The summed E-state index contributed by atoms with van der Waals surface area (Å²) in [6, 6.07) is 14.3. The van der Waals surface area contributed by atoms with Gasteiger partial charge in [0.15, 0.2) is 5.76 Å². The standard InChI is InChI=1S/C31H29FN6O5S/c1-18-28(30(39)35-20-12-21(17-33)34-27(32)13-20)37-11-5-8-24(37)29(18)44(41,42)38-22-9-10-23(38)16-31(40,15-22)26-14-25(43-36-26)19-6-3-2-4-7-19/h2-4,6-7,12-14,22-23,40H,5,8-11,15-16H2,1H3,(H,34,35,39). The zero-order valence-electron chi connectivity index (χ0n) is 23.8. The number of pyridine rings is 1. The third-order valence-electron chi connectivity index (χ3n) is 9.01. The monoisotopic (exact) mass is 616 g/mol. The van der Waals surface area contributed by atoms with Crippen LogP contribution in [0.3, 0.4) is 0 Å². The minimum absolute atomic E-state index is 0.0491. The van der Waals surface area contributed by atoms with Crippen LogP contribution < -0.4 is 5.32 Å². The lowest BCUT2D eigenvalue weighted by Crippen LogP contribution is -2.52. The number of aromatic nitrogens is 3. The number of piperidine rings is 1. The molecule has 1 aromatic carbocycles. The third kappa shape index (κ3) is 4.52. The fourth-order valence-electron chi connectivity index (χ4n) is 7.26. The molecule has 2 saturated heterocycles. The Balaban J connectivity index is 1.19. The highest BCUT2D eigenvalue weighted by Crippen LogP contribution is 2.49. The molecule has 7 rings (SSSR count). The first-order chi connectivity index (χ1) is 21.1. The van der Waals surface area contributed by atoms with Gasteiger partial charge in [-0.05, 0) is 51.5 Å². The predicted octanol–water partition coefficient (Wildman–Crippen LogP) is 4.26. The van der Waals surface area contributed by atoms with Gasteiger partial charge in [0.25, 0.3) is 5.91 Å². The van der Waals surface area contributed by atoms with Crippen LogP contribution in [0.4, 0.5) is 10.1 Å². The molecule has 1 amide bonds. The second kappa shape index (κ2) is 10.4. The van der Waals surface area contributed by atoms with Crippen LogP contribution in [0, 0.1) is 24.2 Å². The molecule has 3 aliphatic rings. The highest BCUT2D eigenvalue weighted by atomic mass is 32.2. The number of carbonyl (C=O) groups is 1. The van der Waals surface area contributed by atoms with E-state index >= 15 is 0 Å². The molecule has 13 heteroatoms. The topological polar surface area (TPSA) is 154 Å². The molecule has 2 N–H and O–H groups in total. The molecule has 2 unspecified atom stereocenters. The van der Waals surface area contributed by atoms with Crippen molar-refractivity contribution in [3.8, 4) is 17.4 Å². The van der Waals surface area contributed by atoms with Crippen molar-refractivity contribution in [3.05, 3.63) is 82.8 Å². The van der Waals surface area contributed by atoms with E-state index in [1.807, 2.05) is 30.3 Å². The summed E-state index contributed by atoms with van der Waals surface area (Å²) >= 11 is 0. The number of halogens is 1. The average molecular weight is 617 g/mol. The number of aliphatic hydroxyl groups is 1. The van der Waals surface area contributed by atoms with Gasteiger partial charge >= 0.3 is 0 Å². The number of nitrogens with one attached hydrogen (secondary N) is 1. The van der Waals surface area contributed by atoms with E-state index in [9.17, 15) is 22.7 Å². The molecule has 0 spiro atoms. The van der Waals surface area contributed by atoms with Crippen molar-refractivity contribution in [2.45, 2.75) is 74.6 Å². The molecule has 2 atom stereocenters. The fraction of sp³-hybridized carbons (Fsp3) is 0.355. The first-order valence-electron chi connectivity index (χ1n) is 14.5. The van der Waals surface area contributed by atoms with Gasteiger partial charge in [0.2, 0.25) is 16.0 Å². The van der Waals surface area contributed by atoms with E-state index in [0.29, 0.717) is 54.9 Å². The van der Waals surface area contributed by atoms with E-state index in [4.69, 9.17) is 9.78 Å². The van der Waals surface area contributed by atoms with E-state index in [1.165, 1.54) is 10.4 Å². The number of nitrogens with zero attached hydrogens (tertiary/aromatic N) is 5. The number of nitriles is 1. The SMILES string of the molecule is Cc1c(S(=O)(=O)N2C3CCC2CC(O)(c2cc(-c4ccccc4)on2)C3)c2n(c1C(=O)Nc1cc(F)nc(C#N)c1)CCC2. The van der Waals surface area contributed by atoms with E-state index in [1.54, 1.807) is 23.6 Å². The maximum atomic E-state index is 14.5. The van der Waals surface area contributed by atoms with Crippen LogP contribution in [0.25, 0.3) is 11.3 Å². The van der Waals surface area contributed by atoms with Crippen LogP contribution in [0.1, 0.15) is 65.2 Å². The summed E-state index contributed by atoms with van der Waals surface area (Å²) in [5, 5.41) is 27.7. The van der Waals surface area contributed by atoms with Crippen LogP contribution in [-0.4, -0.2) is 50.5 Å². The largest absolute Gasteiger partial charge is 0.383 e. The number of sulfonamides is 1. The van der Waals surface area contributed by atoms with Gasteiger partial charge in [0, 0.05) is 53.3 Å². The summed E-state index contributed by atoms with van der Waals surface area (Å²) in [7, 11) is -4.06. The zero-order valence-corrected chi connectivity index (χ0v) is 24.6. The number of hydrogen-bond acceptors (Lipinski definition) is 8. The molecular weight excluding hydrogens is 587 g/mol. The minimum Gasteiger partial charge on any atom is -0.383 e. The first kappa shape index (κ1) is 28.4. The molecular formula is C31H29FN6O5S. The van der Waals surface area contributed by atoms with Crippen molar-refractivity contribution < 1.29 is 27.2 Å². The number of rotatable bonds is 6. The van der Waals surface area contributed by atoms with Crippen LogP contribution in [0.2, 0.25) is 0 Å². The normalized spacial score (nSPS) is 23.0. The van der Waals surface area contributed by atoms with Crippen LogP contribution in [-0.2, 0) is 28.6 Å². The van der Waals surface area contributed by atoms with Gasteiger partial charge in [0.1, 0.15) is 33.6 Å². The quantitative estimate of drug-likeness (QED) is 0.305. The summed E-state index contributed by atoms with van der Waals surface area (Å²) in [4.78, 5) is 17.1. The average Bonchev–Trinajstić information content (AvgIpc) is 3.76. The number of hydrogen-bond donors (Lipinski definition) is 2. The Labute approximate surface area is 253 Å². The number of carbonyl (C=O) groups excluding carboxylic acids is 1. The highest BCUT2D eigenvalue weighted by molar-refractivity contribution is 7.89. The Morgan fingerprint density at radius 2 is 1.91 bits per heavy atom. The number of anilines is 1. The van der Waals surface area contributed by atoms with E-state index in [0.717, 1.165) is 11.6 Å². The van der Waals surface area contributed by atoms with Crippen molar-refractivity contribution in [1.29, 1.82) is 5.26 Å². The summed E-state index contributed by atoms with van der Waals surface area (Å²) in [5.74, 6) is -0.986. The molecule has 2 bridgehead atoms. The van der Waals surface area contributed by atoms with Crippen molar-refractivity contribution in [3.63, 3.8) is 0 Å². The van der Waals surface area contributed by atoms with Gasteiger partial charge in [-0.3, -0.25) is 4.79 Å². The third-order valence-corrected chi connectivity index (χ3v) is 11.2. The fourth-order valence-corrected chi connectivity index (χ4v) is 9.61. The first-order valence-corrected chi connectivity index (χ1v) is 15.9. The van der Waals surface area contributed by atoms with Crippen molar-refractivity contribution in [1.82, 2.24) is 19.0 Å². The molecule has 11 nitrogen and oxygen atoms in total. The molecule has 4 aromatic rings.